The van der Waals surface area contributed by atoms with Crippen molar-refractivity contribution in [2.45, 2.75) is 39.7 Å². The van der Waals surface area contributed by atoms with Crippen LogP contribution >= 0.6 is 0 Å². The fraction of sp³-hybridized carbons (Fsp3) is 0.812. The summed E-state index contributed by atoms with van der Waals surface area (Å²) in [5.41, 5.74) is 1.55. The minimum atomic E-state index is 0.0189. The van der Waals surface area contributed by atoms with E-state index in [-0.39, 0.29) is 12.0 Å². The number of amides is 1. The summed E-state index contributed by atoms with van der Waals surface area (Å²) in [5, 5.41) is 2.85. The van der Waals surface area contributed by atoms with Gasteiger partial charge in [0.15, 0.2) is 0 Å². The molecule has 1 N–H and O–H groups in total. The molecule has 4 nitrogen and oxygen atoms in total. The first kappa shape index (κ1) is 15.5. The first-order chi connectivity index (χ1) is 9.56. The Labute approximate surface area is 122 Å². The van der Waals surface area contributed by atoms with Crippen LogP contribution in [0.15, 0.2) is 11.6 Å². The van der Waals surface area contributed by atoms with Crippen molar-refractivity contribution in [2.24, 2.45) is 11.8 Å². The molecule has 0 unspecified atom stereocenters. The van der Waals surface area contributed by atoms with Gasteiger partial charge in [0.05, 0.1) is 12.7 Å². The summed E-state index contributed by atoms with van der Waals surface area (Å²) < 4.78 is 5.73. The van der Waals surface area contributed by atoms with Gasteiger partial charge in [0.1, 0.15) is 0 Å². The molecule has 2 rings (SSSR count). The van der Waals surface area contributed by atoms with Gasteiger partial charge in [-0.15, -0.1) is 0 Å². The Balaban J connectivity index is 1.84. The third kappa shape index (κ3) is 4.32. The van der Waals surface area contributed by atoms with Crippen molar-refractivity contribution < 1.29 is 9.53 Å². The zero-order valence-corrected chi connectivity index (χ0v) is 13.0. The molecule has 0 saturated carbocycles. The van der Waals surface area contributed by atoms with Crippen molar-refractivity contribution in [3.05, 3.63) is 11.6 Å². The van der Waals surface area contributed by atoms with Crippen molar-refractivity contribution in [1.29, 1.82) is 0 Å². The lowest BCUT2D eigenvalue weighted by atomic mass is 9.79. The van der Waals surface area contributed by atoms with Crippen LogP contribution in [0.3, 0.4) is 0 Å². The third-order valence-electron chi connectivity index (χ3n) is 4.62. The van der Waals surface area contributed by atoms with E-state index in [0.29, 0.717) is 12.5 Å². The Kier molecular flexibility index (Phi) is 5.61. The molecule has 1 aliphatic carbocycles. The largest absolute Gasteiger partial charge is 0.374 e. The zero-order valence-electron chi connectivity index (χ0n) is 13.0. The molecular weight excluding hydrogens is 252 g/mol. The maximum absolute atomic E-state index is 11.0. The van der Waals surface area contributed by atoms with Gasteiger partial charge in [-0.2, -0.15) is 0 Å². The van der Waals surface area contributed by atoms with Crippen molar-refractivity contribution in [3.8, 4) is 0 Å². The van der Waals surface area contributed by atoms with E-state index in [1.165, 1.54) is 12.8 Å². The lowest BCUT2D eigenvalue weighted by Gasteiger charge is -2.38. The second-order valence-electron chi connectivity index (χ2n) is 6.30. The highest BCUT2D eigenvalue weighted by molar-refractivity contribution is 5.72. The number of rotatable bonds is 4. The molecule has 2 aliphatic rings. The lowest BCUT2D eigenvalue weighted by Crippen LogP contribution is -2.49. The van der Waals surface area contributed by atoms with Gasteiger partial charge >= 0.3 is 0 Å². The first-order valence-electron chi connectivity index (χ1n) is 7.81. The molecule has 0 radical (unpaired) electrons. The lowest BCUT2D eigenvalue weighted by molar-refractivity contribution is -0.120. The fourth-order valence-electron chi connectivity index (χ4n) is 3.30. The molecule has 1 fully saturated rings. The number of nitrogens with zero attached hydrogens (tertiary/aromatic N) is 1. The van der Waals surface area contributed by atoms with Gasteiger partial charge in [0, 0.05) is 33.1 Å². The normalized spacial score (nSPS) is 31.8. The van der Waals surface area contributed by atoms with E-state index in [2.05, 4.69) is 30.1 Å². The first-order valence-corrected chi connectivity index (χ1v) is 7.81. The van der Waals surface area contributed by atoms with Gasteiger partial charge in [-0.05, 0) is 31.6 Å². The van der Waals surface area contributed by atoms with E-state index >= 15 is 0 Å². The summed E-state index contributed by atoms with van der Waals surface area (Å²) in [6.07, 6.45) is 5.08. The van der Waals surface area contributed by atoms with E-state index in [9.17, 15) is 4.79 Å². The van der Waals surface area contributed by atoms with Crippen LogP contribution in [0.5, 0.6) is 0 Å². The molecule has 0 spiro atoms. The second kappa shape index (κ2) is 7.23. The molecule has 0 aromatic heterocycles. The van der Waals surface area contributed by atoms with Crippen molar-refractivity contribution in [1.82, 2.24) is 10.2 Å². The molecule has 20 heavy (non-hydrogen) atoms. The highest BCUT2D eigenvalue weighted by Crippen LogP contribution is 2.31. The predicted molar refractivity (Wildman–Crippen MR) is 80.5 cm³/mol. The standard InChI is InChI=1S/C16H28N2O2/c1-12-5-4-6-13(2)16(12)11-18-7-8-20-15(10-18)9-17-14(3)19/h5,13,15-16H,4,6-11H2,1-3H3,(H,17,19)/t13-,15+,16+/m0/s1. The SMILES string of the molecule is CC(=O)NC[C@@H]1CN(C[C@@H]2C(C)=CCC[C@@H]2C)CCO1. The zero-order chi connectivity index (χ0) is 14.5. The third-order valence-corrected chi connectivity index (χ3v) is 4.62. The number of morpholine rings is 1. The van der Waals surface area contributed by atoms with Crippen LogP contribution in [-0.4, -0.2) is 49.7 Å². The summed E-state index contributed by atoms with van der Waals surface area (Å²) in [5.74, 6) is 1.48. The van der Waals surface area contributed by atoms with Crippen LogP contribution in [0.25, 0.3) is 0 Å². The molecule has 1 heterocycles. The van der Waals surface area contributed by atoms with Gasteiger partial charge in [-0.3, -0.25) is 9.69 Å². The van der Waals surface area contributed by atoms with Crippen molar-refractivity contribution in [2.75, 3.05) is 32.8 Å². The van der Waals surface area contributed by atoms with Crippen molar-refractivity contribution >= 4 is 5.91 Å². The summed E-state index contributed by atoms with van der Waals surface area (Å²) in [4.78, 5) is 13.5. The Morgan fingerprint density at radius 2 is 2.35 bits per heavy atom. The van der Waals surface area contributed by atoms with Gasteiger partial charge in [-0.25, -0.2) is 0 Å². The van der Waals surface area contributed by atoms with Gasteiger partial charge in [0.2, 0.25) is 5.91 Å². The summed E-state index contributed by atoms with van der Waals surface area (Å²) in [6, 6.07) is 0. The van der Waals surface area contributed by atoms with E-state index in [0.717, 1.165) is 32.2 Å². The van der Waals surface area contributed by atoms with E-state index < -0.39 is 0 Å². The number of carbonyl (C=O) groups excluding carboxylic acids is 1. The molecule has 1 saturated heterocycles. The predicted octanol–water partition coefficient (Wildman–Crippen LogP) is 1.82. The average Bonchev–Trinajstić information content (AvgIpc) is 2.41. The summed E-state index contributed by atoms with van der Waals surface area (Å²) >= 11 is 0. The van der Waals surface area contributed by atoms with Crippen LogP contribution < -0.4 is 5.32 Å². The highest BCUT2D eigenvalue weighted by atomic mass is 16.5. The van der Waals surface area contributed by atoms with Gasteiger partial charge in [0.25, 0.3) is 0 Å². The molecule has 0 bridgehead atoms. The quantitative estimate of drug-likeness (QED) is 0.799. The van der Waals surface area contributed by atoms with Crippen LogP contribution in [0, 0.1) is 11.8 Å². The summed E-state index contributed by atoms with van der Waals surface area (Å²) in [6.45, 7) is 10.7. The Bertz CT molecular complexity index is 367. The Morgan fingerprint density at radius 3 is 3.05 bits per heavy atom. The fourth-order valence-corrected chi connectivity index (χ4v) is 3.30. The minimum absolute atomic E-state index is 0.0189. The average molecular weight is 280 g/mol. The molecule has 0 aromatic carbocycles. The minimum Gasteiger partial charge on any atom is -0.374 e. The van der Waals surface area contributed by atoms with Crippen molar-refractivity contribution in [3.63, 3.8) is 0 Å². The van der Waals surface area contributed by atoms with E-state index in [1.54, 1.807) is 12.5 Å². The number of carbonyl (C=O) groups is 1. The number of ether oxygens (including phenoxy) is 1. The molecular formula is C16H28N2O2. The Morgan fingerprint density at radius 1 is 1.55 bits per heavy atom. The Hall–Kier alpha value is -0.870. The highest BCUT2D eigenvalue weighted by Gasteiger charge is 2.27. The second-order valence-corrected chi connectivity index (χ2v) is 6.30. The number of allylic oxidation sites excluding steroid dienone is 1. The maximum atomic E-state index is 11.0. The van der Waals surface area contributed by atoms with E-state index in [1.807, 2.05) is 0 Å². The summed E-state index contributed by atoms with van der Waals surface area (Å²) in [7, 11) is 0. The van der Waals surface area contributed by atoms with Crippen LogP contribution in [0.1, 0.15) is 33.6 Å². The topological polar surface area (TPSA) is 41.6 Å². The number of hydrogen-bond acceptors (Lipinski definition) is 3. The smallest absolute Gasteiger partial charge is 0.216 e. The van der Waals surface area contributed by atoms with Crippen LogP contribution in [0.4, 0.5) is 0 Å². The van der Waals surface area contributed by atoms with Gasteiger partial charge < -0.3 is 10.1 Å². The molecule has 0 aromatic rings. The number of nitrogens with one attached hydrogen (secondary N) is 1. The van der Waals surface area contributed by atoms with Crippen LogP contribution in [-0.2, 0) is 9.53 Å². The number of hydrogen-bond donors (Lipinski definition) is 1. The molecule has 1 amide bonds. The molecule has 3 atom stereocenters. The molecule has 1 aliphatic heterocycles. The van der Waals surface area contributed by atoms with Gasteiger partial charge in [-0.1, -0.05) is 18.6 Å². The molecule has 114 valence electrons. The van der Waals surface area contributed by atoms with E-state index in [4.69, 9.17) is 4.74 Å². The monoisotopic (exact) mass is 280 g/mol. The molecule has 4 heteroatoms. The van der Waals surface area contributed by atoms with Crippen LogP contribution in [0.2, 0.25) is 0 Å². The maximum Gasteiger partial charge on any atom is 0.216 e.